The van der Waals surface area contributed by atoms with E-state index in [-0.39, 0.29) is 11.2 Å². The van der Waals surface area contributed by atoms with E-state index in [0.717, 1.165) is 19.3 Å². The van der Waals surface area contributed by atoms with Crippen molar-refractivity contribution in [3.8, 4) is 23.0 Å². The Morgan fingerprint density at radius 1 is 1.21 bits per heavy atom. The van der Waals surface area contributed by atoms with Crippen molar-refractivity contribution >= 4 is 17.7 Å². The Labute approximate surface area is 175 Å². The SMILES string of the molecule is COc1cc(OC)cc(-c2nnc(S[C@@H](C)C(=O)NCCC3=CCCCC3)o2)c1. The maximum Gasteiger partial charge on any atom is 0.277 e. The number of carbonyl (C=O) groups excluding carboxylic acids is 1. The highest BCUT2D eigenvalue weighted by Gasteiger charge is 2.19. The summed E-state index contributed by atoms with van der Waals surface area (Å²) in [6.45, 7) is 2.49. The maximum absolute atomic E-state index is 12.4. The number of allylic oxidation sites excluding steroid dienone is 1. The van der Waals surface area contributed by atoms with Crippen LogP contribution >= 0.6 is 11.8 Å². The normalized spacial score (nSPS) is 14.8. The van der Waals surface area contributed by atoms with Gasteiger partial charge in [-0.05, 0) is 51.2 Å². The topological polar surface area (TPSA) is 86.5 Å². The summed E-state index contributed by atoms with van der Waals surface area (Å²) in [5, 5.41) is 11.2. The van der Waals surface area contributed by atoms with Crippen LogP contribution in [0.4, 0.5) is 0 Å². The van der Waals surface area contributed by atoms with Gasteiger partial charge < -0.3 is 19.2 Å². The average Bonchev–Trinajstić information content (AvgIpc) is 3.22. The summed E-state index contributed by atoms with van der Waals surface area (Å²) in [6, 6.07) is 5.35. The van der Waals surface area contributed by atoms with Crippen LogP contribution in [-0.2, 0) is 4.79 Å². The number of aromatic nitrogens is 2. The lowest BCUT2D eigenvalue weighted by Crippen LogP contribution is -2.31. The van der Waals surface area contributed by atoms with Crippen LogP contribution in [0.25, 0.3) is 11.5 Å². The maximum atomic E-state index is 12.4. The van der Waals surface area contributed by atoms with E-state index in [9.17, 15) is 4.79 Å². The Morgan fingerprint density at radius 3 is 2.62 bits per heavy atom. The minimum Gasteiger partial charge on any atom is -0.497 e. The molecule has 1 aliphatic carbocycles. The van der Waals surface area contributed by atoms with Crippen LogP contribution in [0.5, 0.6) is 11.5 Å². The molecule has 2 aromatic rings. The Hall–Kier alpha value is -2.48. The molecule has 0 radical (unpaired) electrons. The lowest BCUT2D eigenvalue weighted by molar-refractivity contribution is -0.120. The molecule has 1 aliphatic rings. The van der Waals surface area contributed by atoms with Gasteiger partial charge in [0.25, 0.3) is 5.22 Å². The highest BCUT2D eigenvalue weighted by atomic mass is 32.2. The molecule has 8 heteroatoms. The number of hydrogen-bond acceptors (Lipinski definition) is 7. The molecule has 0 spiro atoms. The lowest BCUT2D eigenvalue weighted by atomic mass is 9.97. The van der Waals surface area contributed by atoms with Crippen LogP contribution in [0.2, 0.25) is 0 Å². The second-order valence-electron chi connectivity index (χ2n) is 6.88. The highest BCUT2D eigenvalue weighted by molar-refractivity contribution is 8.00. The fourth-order valence-electron chi connectivity index (χ4n) is 3.13. The molecule has 1 aromatic carbocycles. The highest BCUT2D eigenvalue weighted by Crippen LogP contribution is 2.31. The third-order valence-electron chi connectivity index (χ3n) is 4.78. The second kappa shape index (κ2) is 10.3. The third-order valence-corrected chi connectivity index (χ3v) is 5.72. The van der Waals surface area contributed by atoms with Gasteiger partial charge in [-0.15, -0.1) is 10.2 Å². The Kier molecular flexibility index (Phi) is 7.57. The van der Waals surface area contributed by atoms with Gasteiger partial charge in [0, 0.05) is 18.2 Å². The molecule has 29 heavy (non-hydrogen) atoms. The zero-order valence-corrected chi connectivity index (χ0v) is 17.9. The lowest BCUT2D eigenvalue weighted by Gasteiger charge is -2.14. The molecule has 1 amide bonds. The quantitative estimate of drug-likeness (QED) is 0.482. The summed E-state index contributed by atoms with van der Waals surface area (Å²) in [6.07, 6.45) is 8.07. The number of nitrogens with one attached hydrogen (secondary N) is 1. The van der Waals surface area contributed by atoms with E-state index in [1.54, 1.807) is 32.4 Å². The molecular formula is C21H27N3O4S. The van der Waals surface area contributed by atoms with Crippen LogP contribution in [-0.4, -0.2) is 42.1 Å². The van der Waals surface area contributed by atoms with Crippen molar-refractivity contribution in [1.29, 1.82) is 0 Å². The van der Waals surface area contributed by atoms with Crippen molar-refractivity contribution in [3.05, 3.63) is 29.8 Å². The molecule has 0 aliphatic heterocycles. The predicted octanol–water partition coefficient (Wildman–Crippen LogP) is 4.24. The van der Waals surface area contributed by atoms with Gasteiger partial charge in [-0.25, -0.2) is 0 Å². The fraction of sp³-hybridized carbons (Fsp3) is 0.476. The van der Waals surface area contributed by atoms with Gasteiger partial charge in [-0.3, -0.25) is 4.79 Å². The van der Waals surface area contributed by atoms with Gasteiger partial charge in [0.15, 0.2) is 0 Å². The van der Waals surface area contributed by atoms with E-state index >= 15 is 0 Å². The number of rotatable bonds is 9. The first kappa shape index (κ1) is 21.2. The van der Waals surface area contributed by atoms with Crippen molar-refractivity contribution < 1.29 is 18.7 Å². The van der Waals surface area contributed by atoms with Gasteiger partial charge in [0.1, 0.15) is 11.5 Å². The summed E-state index contributed by atoms with van der Waals surface area (Å²) >= 11 is 1.24. The summed E-state index contributed by atoms with van der Waals surface area (Å²) in [4.78, 5) is 12.4. The zero-order valence-electron chi connectivity index (χ0n) is 17.1. The average molecular weight is 418 g/mol. The summed E-state index contributed by atoms with van der Waals surface area (Å²) in [7, 11) is 3.16. The molecule has 3 rings (SSSR count). The van der Waals surface area contributed by atoms with E-state index in [1.165, 1.54) is 30.2 Å². The molecule has 0 unspecified atom stereocenters. The third kappa shape index (κ3) is 6.00. The van der Waals surface area contributed by atoms with Crippen molar-refractivity contribution in [2.24, 2.45) is 0 Å². The van der Waals surface area contributed by atoms with Crippen LogP contribution in [0.15, 0.2) is 39.5 Å². The van der Waals surface area contributed by atoms with E-state index in [2.05, 4.69) is 21.6 Å². The summed E-state index contributed by atoms with van der Waals surface area (Å²) in [5.74, 6) is 1.58. The molecule has 1 atom stereocenters. The van der Waals surface area contributed by atoms with Gasteiger partial charge in [0.05, 0.1) is 19.5 Å². The van der Waals surface area contributed by atoms with Crippen molar-refractivity contribution in [2.45, 2.75) is 49.5 Å². The molecular weight excluding hydrogens is 390 g/mol. The number of hydrogen-bond donors (Lipinski definition) is 1. The minimum atomic E-state index is -0.330. The van der Waals surface area contributed by atoms with Crippen molar-refractivity contribution in [1.82, 2.24) is 15.5 Å². The number of ether oxygens (including phenoxy) is 2. The first-order valence-electron chi connectivity index (χ1n) is 9.78. The molecule has 0 saturated carbocycles. The second-order valence-corrected chi connectivity index (χ2v) is 8.18. The van der Waals surface area contributed by atoms with E-state index < -0.39 is 0 Å². The van der Waals surface area contributed by atoms with Crippen LogP contribution in [0, 0.1) is 0 Å². The first-order valence-corrected chi connectivity index (χ1v) is 10.7. The minimum absolute atomic E-state index is 0.0331. The number of benzene rings is 1. The largest absolute Gasteiger partial charge is 0.497 e. The van der Waals surface area contributed by atoms with Gasteiger partial charge in [-0.1, -0.05) is 23.4 Å². The zero-order chi connectivity index (χ0) is 20.6. The molecule has 1 N–H and O–H groups in total. The number of nitrogens with zero attached hydrogens (tertiary/aromatic N) is 2. The molecule has 1 heterocycles. The number of carbonyl (C=O) groups is 1. The Bertz CT molecular complexity index is 843. The monoisotopic (exact) mass is 417 g/mol. The van der Waals surface area contributed by atoms with E-state index in [4.69, 9.17) is 13.9 Å². The summed E-state index contributed by atoms with van der Waals surface area (Å²) < 4.78 is 16.3. The smallest absolute Gasteiger partial charge is 0.277 e. The van der Waals surface area contributed by atoms with Gasteiger partial charge >= 0.3 is 0 Å². The van der Waals surface area contributed by atoms with Crippen molar-refractivity contribution in [3.63, 3.8) is 0 Å². The number of thioether (sulfide) groups is 1. The number of methoxy groups -OCH3 is 2. The molecule has 7 nitrogen and oxygen atoms in total. The van der Waals surface area contributed by atoms with Crippen molar-refractivity contribution in [2.75, 3.05) is 20.8 Å². The predicted molar refractivity (Wildman–Crippen MR) is 112 cm³/mol. The van der Waals surface area contributed by atoms with E-state index in [1.807, 2.05) is 6.92 Å². The van der Waals surface area contributed by atoms with Gasteiger partial charge in [0.2, 0.25) is 11.8 Å². The van der Waals surface area contributed by atoms with Gasteiger partial charge in [-0.2, -0.15) is 0 Å². The Morgan fingerprint density at radius 2 is 1.97 bits per heavy atom. The number of amides is 1. The molecule has 1 aromatic heterocycles. The Balaban J connectivity index is 1.55. The summed E-state index contributed by atoms with van der Waals surface area (Å²) in [5.41, 5.74) is 2.14. The molecule has 0 fully saturated rings. The van der Waals surface area contributed by atoms with Crippen LogP contribution in [0.1, 0.15) is 39.0 Å². The van der Waals surface area contributed by atoms with Crippen LogP contribution < -0.4 is 14.8 Å². The fourth-order valence-corrected chi connectivity index (χ4v) is 3.84. The molecule has 0 saturated heterocycles. The van der Waals surface area contributed by atoms with Crippen LogP contribution in [0.3, 0.4) is 0 Å². The molecule has 0 bridgehead atoms. The first-order chi connectivity index (χ1) is 14.1. The van der Waals surface area contributed by atoms with E-state index in [0.29, 0.717) is 34.7 Å². The standard InChI is InChI=1S/C21H27N3O4S/c1-14(19(25)22-10-9-15-7-5-4-6-8-15)29-21-24-23-20(28-21)16-11-17(26-2)13-18(12-16)27-3/h7,11-14H,4-6,8-10H2,1-3H3,(H,22,25)/t14-/m0/s1. The molecule has 156 valence electrons.